The maximum Gasteiger partial charge on any atom is 0.243 e. The first-order valence-electron chi connectivity index (χ1n) is 13.5. The summed E-state index contributed by atoms with van der Waals surface area (Å²) in [5, 5.41) is 3.18. The Morgan fingerprint density at radius 2 is 1.76 bits per heavy atom. The number of hydrogen-bond acceptors (Lipinski definition) is 5. The number of rotatable bonds is 13. The number of carbonyl (C=O) groups is 2. The number of hydrogen-bond donors (Lipinski definition) is 1. The Morgan fingerprint density at radius 1 is 1.05 bits per heavy atom. The summed E-state index contributed by atoms with van der Waals surface area (Å²) in [7, 11) is -1.92. The third-order valence-electron chi connectivity index (χ3n) is 7.02. The second-order valence-corrected chi connectivity index (χ2v) is 11.8. The quantitative estimate of drug-likeness (QED) is 0.401. The number of nitrogens with one attached hydrogen (secondary N) is 1. The highest BCUT2D eigenvalue weighted by Crippen LogP contribution is 2.22. The summed E-state index contributed by atoms with van der Waals surface area (Å²) < 4.78 is 31.6. The fourth-order valence-electron chi connectivity index (χ4n) is 5.03. The van der Waals surface area contributed by atoms with Gasteiger partial charge in [-0.05, 0) is 55.5 Å². The normalized spacial score (nSPS) is 14.9. The van der Waals surface area contributed by atoms with E-state index < -0.39 is 16.1 Å². The molecular weight excluding hydrogens is 502 g/mol. The van der Waals surface area contributed by atoms with E-state index in [-0.39, 0.29) is 37.4 Å². The molecular formula is C29H41N3O5S. The van der Waals surface area contributed by atoms with E-state index in [4.69, 9.17) is 4.74 Å². The molecule has 0 heterocycles. The van der Waals surface area contributed by atoms with Crippen LogP contribution < -0.4 is 14.4 Å². The number of methoxy groups -OCH3 is 1. The molecule has 9 heteroatoms. The van der Waals surface area contributed by atoms with Crippen LogP contribution in [0, 0.1) is 0 Å². The minimum absolute atomic E-state index is 0.121. The number of benzene rings is 2. The van der Waals surface area contributed by atoms with Crippen molar-refractivity contribution in [1.29, 1.82) is 0 Å². The van der Waals surface area contributed by atoms with E-state index in [0.29, 0.717) is 24.3 Å². The molecule has 0 bridgehead atoms. The van der Waals surface area contributed by atoms with E-state index in [1.807, 2.05) is 37.3 Å². The van der Waals surface area contributed by atoms with E-state index in [9.17, 15) is 18.0 Å². The molecule has 38 heavy (non-hydrogen) atoms. The van der Waals surface area contributed by atoms with Crippen LogP contribution in [0.4, 0.5) is 5.69 Å². The van der Waals surface area contributed by atoms with E-state index in [1.54, 1.807) is 36.3 Å². The molecule has 0 aromatic heterocycles. The van der Waals surface area contributed by atoms with Gasteiger partial charge < -0.3 is 15.0 Å². The Labute approximate surface area is 227 Å². The predicted molar refractivity (Wildman–Crippen MR) is 151 cm³/mol. The van der Waals surface area contributed by atoms with Crippen LogP contribution in [0.5, 0.6) is 5.75 Å². The molecule has 1 saturated carbocycles. The molecule has 0 aliphatic heterocycles. The smallest absolute Gasteiger partial charge is 0.243 e. The first kappa shape index (κ1) is 29.5. The van der Waals surface area contributed by atoms with Crippen molar-refractivity contribution in [3.8, 4) is 5.75 Å². The Morgan fingerprint density at radius 3 is 2.39 bits per heavy atom. The number of carbonyl (C=O) groups excluding carboxylic acids is 2. The third kappa shape index (κ3) is 8.48. The number of anilines is 1. The van der Waals surface area contributed by atoms with Gasteiger partial charge in [0.25, 0.3) is 0 Å². The van der Waals surface area contributed by atoms with Gasteiger partial charge in [-0.2, -0.15) is 0 Å². The van der Waals surface area contributed by atoms with Gasteiger partial charge in [0.15, 0.2) is 0 Å². The summed E-state index contributed by atoms with van der Waals surface area (Å²) in [4.78, 5) is 28.6. The maximum atomic E-state index is 13.6. The zero-order valence-corrected chi connectivity index (χ0v) is 23.6. The van der Waals surface area contributed by atoms with E-state index in [1.165, 1.54) is 17.0 Å². The molecule has 0 radical (unpaired) electrons. The molecule has 0 spiro atoms. The lowest BCUT2D eigenvalue weighted by atomic mass is 9.95. The van der Waals surface area contributed by atoms with Crippen molar-refractivity contribution in [3.63, 3.8) is 0 Å². The average molecular weight is 544 g/mol. The highest BCUT2D eigenvalue weighted by atomic mass is 32.2. The van der Waals surface area contributed by atoms with Crippen LogP contribution in [-0.2, 0) is 26.2 Å². The standard InChI is InChI=1S/C29H41N3O5S/c1-4-27(29(34)30-24-14-7-5-8-15-24)31(22-23-13-11-18-26(21-23)37-2)28(33)19-12-20-32(38(3,35)36)25-16-9-6-10-17-25/h6,9-11,13,16-18,21,24,27H,4-5,7-8,12,14-15,19-20,22H2,1-3H3,(H,30,34). The van der Waals surface area contributed by atoms with Gasteiger partial charge in [0.05, 0.1) is 19.1 Å². The number of ether oxygens (including phenoxy) is 1. The second-order valence-electron chi connectivity index (χ2n) is 9.91. The molecule has 1 unspecified atom stereocenters. The first-order valence-corrected chi connectivity index (χ1v) is 15.3. The molecule has 1 fully saturated rings. The van der Waals surface area contributed by atoms with Crippen molar-refractivity contribution in [2.75, 3.05) is 24.2 Å². The van der Waals surface area contributed by atoms with Crippen molar-refractivity contribution < 1.29 is 22.7 Å². The molecule has 3 rings (SSSR count). The van der Waals surface area contributed by atoms with E-state index in [2.05, 4.69) is 5.32 Å². The summed E-state index contributed by atoms with van der Waals surface area (Å²) in [5.74, 6) is 0.374. The predicted octanol–water partition coefficient (Wildman–Crippen LogP) is 4.50. The molecule has 8 nitrogen and oxygen atoms in total. The van der Waals surface area contributed by atoms with Crippen LogP contribution >= 0.6 is 0 Å². The van der Waals surface area contributed by atoms with Crippen LogP contribution in [0.25, 0.3) is 0 Å². The zero-order chi connectivity index (χ0) is 27.5. The number of para-hydroxylation sites is 1. The summed E-state index contributed by atoms with van der Waals surface area (Å²) in [5.41, 5.74) is 1.43. The Bertz CT molecular complexity index is 1150. The Hall–Kier alpha value is -3.07. The fraction of sp³-hybridized carbons (Fsp3) is 0.517. The van der Waals surface area contributed by atoms with Crippen LogP contribution in [0.3, 0.4) is 0 Å². The lowest BCUT2D eigenvalue weighted by molar-refractivity contribution is -0.141. The fourth-order valence-corrected chi connectivity index (χ4v) is 5.99. The minimum Gasteiger partial charge on any atom is -0.497 e. The molecule has 1 aliphatic rings. The minimum atomic E-state index is -3.51. The van der Waals surface area contributed by atoms with Gasteiger partial charge >= 0.3 is 0 Å². The number of sulfonamides is 1. The Balaban J connectivity index is 1.76. The lowest BCUT2D eigenvalue weighted by Gasteiger charge is -2.33. The van der Waals surface area contributed by atoms with E-state index >= 15 is 0 Å². The van der Waals surface area contributed by atoms with Crippen LogP contribution in [0.1, 0.15) is 63.9 Å². The summed E-state index contributed by atoms with van der Waals surface area (Å²) >= 11 is 0. The van der Waals surface area contributed by atoms with Gasteiger partial charge in [-0.3, -0.25) is 13.9 Å². The second kappa shape index (κ2) is 14.2. The monoisotopic (exact) mass is 543 g/mol. The summed E-state index contributed by atoms with van der Waals surface area (Å²) in [6.45, 7) is 2.35. The van der Waals surface area contributed by atoms with Gasteiger partial charge in [-0.1, -0.05) is 56.5 Å². The van der Waals surface area contributed by atoms with Crippen LogP contribution in [-0.4, -0.2) is 57.1 Å². The van der Waals surface area contributed by atoms with Crippen LogP contribution in [0.15, 0.2) is 54.6 Å². The molecule has 1 N–H and O–H groups in total. The first-order chi connectivity index (χ1) is 18.2. The van der Waals surface area contributed by atoms with Crippen molar-refractivity contribution in [1.82, 2.24) is 10.2 Å². The number of nitrogens with zero attached hydrogens (tertiary/aromatic N) is 2. The lowest BCUT2D eigenvalue weighted by Crippen LogP contribution is -2.51. The van der Waals surface area contributed by atoms with Gasteiger partial charge in [0.2, 0.25) is 21.8 Å². The van der Waals surface area contributed by atoms with E-state index in [0.717, 1.165) is 31.2 Å². The topological polar surface area (TPSA) is 96.0 Å². The molecule has 1 aliphatic carbocycles. The van der Waals surface area contributed by atoms with Gasteiger partial charge in [0.1, 0.15) is 11.8 Å². The highest BCUT2D eigenvalue weighted by Gasteiger charge is 2.30. The molecule has 2 aromatic carbocycles. The Kier molecular flexibility index (Phi) is 11.0. The summed E-state index contributed by atoms with van der Waals surface area (Å²) in [6, 6.07) is 15.9. The average Bonchev–Trinajstić information content (AvgIpc) is 2.91. The van der Waals surface area contributed by atoms with Crippen molar-refractivity contribution in [2.45, 2.75) is 76.9 Å². The largest absolute Gasteiger partial charge is 0.497 e. The SMILES string of the molecule is CCC(C(=O)NC1CCCCC1)N(Cc1cccc(OC)c1)C(=O)CCCN(c1ccccc1)S(C)(=O)=O. The van der Waals surface area contributed by atoms with Gasteiger partial charge in [-0.25, -0.2) is 8.42 Å². The zero-order valence-electron chi connectivity index (χ0n) is 22.8. The highest BCUT2D eigenvalue weighted by molar-refractivity contribution is 7.92. The van der Waals surface area contributed by atoms with Crippen molar-refractivity contribution >= 4 is 27.5 Å². The third-order valence-corrected chi connectivity index (χ3v) is 8.21. The van der Waals surface area contributed by atoms with Gasteiger partial charge in [-0.15, -0.1) is 0 Å². The number of amides is 2. The van der Waals surface area contributed by atoms with Gasteiger partial charge in [0, 0.05) is 25.6 Å². The molecule has 208 valence electrons. The molecule has 2 aromatic rings. The summed E-state index contributed by atoms with van der Waals surface area (Å²) in [6.07, 6.45) is 7.43. The van der Waals surface area contributed by atoms with Crippen molar-refractivity contribution in [2.24, 2.45) is 0 Å². The molecule has 0 saturated heterocycles. The van der Waals surface area contributed by atoms with Crippen molar-refractivity contribution in [3.05, 3.63) is 60.2 Å². The molecule has 2 amide bonds. The van der Waals surface area contributed by atoms with Crippen LogP contribution in [0.2, 0.25) is 0 Å². The molecule has 1 atom stereocenters. The maximum absolute atomic E-state index is 13.6.